The van der Waals surface area contributed by atoms with Crippen molar-refractivity contribution in [2.75, 3.05) is 30.8 Å². The van der Waals surface area contributed by atoms with Gasteiger partial charge >= 0.3 is 6.01 Å². The first-order chi connectivity index (χ1) is 9.71. The lowest BCUT2D eigenvalue weighted by Gasteiger charge is -2.08. The number of nitrogens with zero attached hydrogens (tertiary/aromatic N) is 3. The van der Waals surface area contributed by atoms with Crippen molar-refractivity contribution in [2.24, 2.45) is 0 Å². The smallest absolute Gasteiger partial charge is 0.323 e. The number of ether oxygens (including phenoxy) is 1. The lowest BCUT2D eigenvalue weighted by Crippen LogP contribution is -2.11. The zero-order valence-corrected chi connectivity index (χ0v) is 12.9. The minimum atomic E-state index is 0.313. The lowest BCUT2D eigenvalue weighted by molar-refractivity contribution is 0.312. The van der Waals surface area contributed by atoms with Crippen LogP contribution in [0.1, 0.15) is 11.8 Å². The van der Waals surface area contributed by atoms with Crippen molar-refractivity contribution in [3.8, 4) is 6.01 Å². The predicted octanol–water partition coefficient (Wildman–Crippen LogP) is 2.68. The predicted molar refractivity (Wildman–Crippen MR) is 82.1 cm³/mol. The molecule has 0 saturated carbocycles. The quantitative estimate of drug-likeness (QED) is 0.819. The molecule has 0 aliphatic rings. The van der Waals surface area contributed by atoms with Crippen LogP contribution < -0.4 is 15.4 Å². The zero-order chi connectivity index (χ0) is 14.4. The fourth-order valence-corrected chi connectivity index (χ4v) is 2.61. The molecular formula is C12H16ClN5OS. The number of aromatic nitrogens is 3. The number of halogens is 1. The summed E-state index contributed by atoms with van der Waals surface area (Å²) in [4.78, 5) is 13.7. The molecule has 0 aromatic carbocycles. The van der Waals surface area contributed by atoms with Crippen LogP contribution in [0.4, 0.5) is 11.9 Å². The van der Waals surface area contributed by atoms with Gasteiger partial charge in [-0.1, -0.05) is 11.6 Å². The molecule has 2 rings (SSSR count). The fourth-order valence-electron chi connectivity index (χ4n) is 1.52. The molecule has 20 heavy (non-hydrogen) atoms. The molecule has 0 spiro atoms. The van der Waals surface area contributed by atoms with Crippen LogP contribution in [-0.4, -0.2) is 35.2 Å². The molecule has 2 aromatic heterocycles. The Balaban J connectivity index is 1.95. The number of anilines is 2. The number of rotatable bonds is 7. The van der Waals surface area contributed by atoms with Gasteiger partial charge in [-0.2, -0.15) is 15.0 Å². The highest BCUT2D eigenvalue weighted by atomic mass is 35.5. The molecular weight excluding hydrogens is 298 g/mol. The first-order valence-electron chi connectivity index (χ1n) is 6.26. The first-order valence-corrected chi connectivity index (χ1v) is 7.45. The van der Waals surface area contributed by atoms with Crippen LogP contribution in [0.25, 0.3) is 0 Å². The van der Waals surface area contributed by atoms with Gasteiger partial charge in [0.25, 0.3) is 0 Å². The van der Waals surface area contributed by atoms with E-state index in [9.17, 15) is 0 Å². The highest BCUT2D eigenvalue weighted by molar-refractivity contribution is 7.16. The summed E-state index contributed by atoms with van der Waals surface area (Å²) in [6.45, 7) is 3.12. The summed E-state index contributed by atoms with van der Waals surface area (Å²) in [5, 5.41) is 6.04. The number of hydrogen-bond acceptors (Lipinski definition) is 7. The molecule has 0 unspecified atom stereocenters. The topological polar surface area (TPSA) is 72.0 Å². The summed E-state index contributed by atoms with van der Waals surface area (Å²) < 4.78 is 6.10. The van der Waals surface area contributed by atoms with Crippen LogP contribution in [0.3, 0.4) is 0 Å². The van der Waals surface area contributed by atoms with Crippen molar-refractivity contribution in [1.82, 2.24) is 15.0 Å². The maximum atomic E-state index is 5.89. The molecule has 0 aliphatic heterocycles. The third kappa shape index (κ3) is 4.21. The Morgan fingerprint density at radius 3 is 2.70 bits per heavy atom. The van der Waals surface area contributed by atoms with E-state index in [1.165, 1.54) is 4.88 Å². The Labute approximate surface area is 126 Å². The van der Waals surface area contributed by atoms with Gasteiger partial charge in [0.1, 0.15) is 0 Å². The summed E-state index contributed by atoms with van der Waals surface area (Å²) in [5.41, 5.74) is 0. The Morgan fingerprint density at radius 2 is 2.05 bits per heavy atom. The van der Waals surface area contributed by atoms with Crippen LogP contribution >= 0.6 is 22.9 Å². The van der Waals surface area contributed by atoms with Gasteiger partial charge in [-0.15, -0.1) is 11.3 Å². The second-order valence-corrected chi connectivity index (χ2v) is 5.63. The SMILES string of the molecule is CCOc1nc(NC)nc(NCCc2ccc(Cl)s2)n1. The molecule has 8 heteroatoms. The van der Waals surface area contributed by atoms with Crippen LogP contribution in [0.15, 0.2) is 12.1 Å². The highest BCUT2D eigenvalue weighted by Gasteiger charge is 2.06. The Kier molecular flexibility index (Phi) is 5.37. The minimum absolute atomic E-state index is 0.313. The average Bonchev–Trinajstić information content (AvgIpc) is 2.84. The van der Waals surface area contributed by atoms with Crippen molar-refractivity contribution in [2.45, 2.75) is 13.3 Å². The molecule has 0 bridgehead atoms. The van der Waals surface area contributed by atoms with Crippen molar-refractivity contribution in [3.05, 3.63) is 21.3 Å². The third-order valence-corrected chi connectivity index (χ3v) is 3.69. The highest BCUT2D eigenvalue weighted by Crippen LogP contribution is 2.21. The van der Waals surface area contributed by atoms with Gasteiger partial charge in [0.2, 0.25) is 11.9 Å². The second kappa shape index (κ2) is 7.25. The summed E-state index contributed by atoms with van der Waals surface area (Å²) in [5.74, 6) is 0.973. The molecule has 0 atom stereocenters. The van der Waals surface area contributed by atoms with E-state index in [0.29, 0.717) is 24.5 Å². The maximum absolute atomic E-state index is 5.89. The van der Waals surface area contributed by atoms with Gasteiger partial charge < -0.3 is 15.4 Å². The fraction of sp³-hybridized carbons (Fsp3) is 0.417. The molecule has 0 aliphatic carbocycles. The molecule has 2 heterocycles. The summed E-state index contributed by atoms with van der Waals surface area (Å²) >= 11 is 7.47. The van der Waals surface area contributed by atoms with Crippen LogP contribution in [0.2, 0.25) is 4.34 Å². The summed E-state index contributed by atoms with van der Waals surface area (Å²) in [7, 11) is 1.75. The van der Waals surface area contributed by atoms with Crippen molar-refractivity contribution >= 4 is 34.8 Å². The monoisotopic (exact) mass is 313 g/mol. The largest absolute Gasteiger partial charge is 0.464 e. The molecule has 0 radical (unpaired) electrons. The van der Waals surface area contributed by atoms with Gasteiger partial charge in [-0.05, 0) is 25.5 Å². The molecule has 6 nitrogen and oxygen atoms in total. The van der Waals surface area contributed by atoms with E-state index in [2.05, 4.69) is 25.6 Å². The second-order valence-electron chi connectivity index (χ2n) is 3.83. The maximum Gasteiger partial charge on any atom is 0.323 e. The number of nitrogens with one attached hydrogen (secondary N) is 2. The molecule has 0 amide bonds. The van der Waals surface area contributed by atoms with Crippen molar-refractivity contribution in [3.63, 3.8) is 0 Å². The Hall–Kier alpha value is -1.60. The lowest BCUT2D eigenvalue weighted by atomic mass is 10.3. The van der Waals surface area contributed by atoms with E-state index in [1.807, 2.05) is 19.1 Å². The standard InChI is InChI=1S/C12H16ClN5OS/c1-3-19-12-17-10(14-2)16-11(18-12)15-7-6-8-4-5-9(13)20-8/h4-5H,3,6-7H2,1-2H3,(H2,14,15,16,17,18). The normalized spacial score (nSPS) is 10.3. The van der Waals surface area contributed by atoms with Gasteiger partial charge in [0.15, 0.2) is 0 Å². The van der Waals surface area contributed by atoms with E-state index < -0.39 is 0 Å². The van der Waals surface area contributed by atoms with Crippen LogP contribution in [0, 0.1) is 0 Å². The molecule has 2 N–H and O–H groups in total. The molecule has 0 saturated heterocycles. The van der Waals surface area contributed by atoms with Gasteiger partial charge in [-0.25, -0.2) is 0 Å². The van der Waals surface area contributed by atoms with E-state index in [0.717, 1.165) is 17.3 Å². The zero-order valence-electron chi connectivity index (χ0n) is 11.3. The number of thiophene rings is 1. The molecule has 108 valence electrons. The van der Waals surface area contributed by atoms with Crippen molar-refractivity contribution in [1.29, 1.82) is 0 Å². The van der Waals surface area contributed by atoms with Crippen LogP contribution in [0.5, 0.6) is 6.01 Å². The minimum Gasteiger partial charge on any atom is -0.464 e. The van der Waals surface area contributed by atoms with Gasteiger partial charge in [-0.3, -0.25) is 0 Å². The van der Waals surface area contributed by atoms with E-state index in [-0.39, 0.29) is 0 Å². The Bertz CT molecular complexity index is 563. The molecule has 2 aromatic rings. The first kappa shape index (κ1) is 14.8. The Morgan fingerprint density at radius 1 is 1.25 bits per heavy atom. The summed E-state index contributed by atoms with van der Waals surface area (Å²) in [6.07, 6.45) is 0.863. The van der Waals surface area contributed by atoms with Crippen LogP contribution in [-0.2, 0) is 6.42 Å². The average molecular weight is 314 g/mol. The van der Waals surface area contributed by atoms with Gasteiger partial charge in [0, 0.05) is 18.5 Å². The number of hydrogen-bond donors (Lipinski definition) is 2. The molecule has 0 fully saturated rings. The summed E-state index contributed by atoms with van der Waals surface area (Å²) in [6, 6.07) is 4.23. The van der Waals surface area contributed by atoms with E-state index >= 15 is 0 Å². The third-order valence-electron chi connectivity index (χ3n) is 2.40. The van der Waals surface area contributed by atoms with Crippen molar-refractivity contribution < 1.29 is 4.74 Å². The van der Waals surface area contributed by atoms with E-state index in [4.69, 9.17) is 16.3 Å². The van der Waals surface area contributed by atoms with Gasteiger partial charge in [0.05, 0.1) is 10.9 Å². The van der Waals surface area contributed by atoms with E-state index in [1.54, 1.807) is 18.4 Å².